The Morgan fingerprint density at radius 2 is 2.50 bits per heavy atom. The smallest absolute Gasteiger partial charge is 0.179 e. The van der Waals surface area contributed by atoms with Crippen molar-refractivity contribution in [3.05, 3.63) is 23.6 Å². The Balaban J connectivity index is 2.08. The van der Waals surface area contributed by atoms with E-state index in [4.69, 9.17) is 16.3 Å². The minimum atomic E-state index is 0.101. The van der Waals surface area contributed by atoms with Crippen LogP contribution < -0.4 is 5.32 Å². The Labute approximate surface area is 84.6 Å². The Kier molecular flexibility index (Phi) is 1.62. The highest BCUT2D eigenvalue weighted by atomic mass is 35.5. The fourth-order valence-electron chi connectivity index (χ4n) is 1.25. The van der Waals surface area contributed by atoms with Gasteiger partial charge in [-0.15, -0.1) is 0 Å². The van der Waals surface area contributed by atoms with Crippen molar-refractivity contribution in [3.63, 3.8) is 0 Å². The van der Waals surface area contributed by atoms with Crippen LogP contribution >= 0.6 is 11.6 Å². The van der Waals surface area contributed by atoms with Crippen molar-refractivity contribution in [1.29, 1.82) is 0 Å². The van der Waals surface area contributed by atoms with E-state index in [1.54, 1.807) is 23.0 Å². The van der Waals surface area contributed by atoms with E-state index in [1.807, 2.05) is 0 Å². The Hall–Kier alpha value is -1.33. The molecular weight excluding hydrogens is 204 g/mol. The molecule has 1 aliphatic rings. The van der Waals surface area contributed by atoms with E-state index in [0.29, 0.717) is 10.8 Å². The number of fused-ring (bicyclic) bond motifs is 1. The van der Waals surface area contributed by atoms with Gasteiger partial charge in [0.1, 0.15) is 10.8 Å². The molecule has 6 heteroatoms. The van der Waals surface area contributed by atoms with E-state index in [0.717, 1.165) is 12.3 Å². The summed E-state index contributed by atoms with van der Waals surface area (Å²) in [6.07, 6.45) is 3.58. The van der Waals surface area contributed by atoms with Gasteiger partial charge < -0.3 is 10.1 Å². The molecule has 2 aromatic heterocycles. The summed E-state index contributed by atoms with van der Waals surface area (Å²) in [5, 5.41) is 7.71. The molecule has 1 N–H and O–H groups in total. The minimum Gasteiger partial charge on any atom is -0.354 e. The molecule has 1 saturated heterocycles. The second-order valence-electron chi connectivity index (χ2n) is 3.04. The molecule has 1 aliphatic heterocycles. The summed E-state index contributed by atoms with van der Waals surface area (Å²) in [4.78, 5) is 4.16. The normalized spacial score (nSPS) is 19.9. The van der Waals surface area contributed by atoms with Crippen LogP contribution in [0.15, 0.2) is 18.5 Å². The van der Waals surface area contributed by atoms with Crippen molar-refractivity contribution in [2.24, 2.45) is 0 Å². The lowest BCUT2D eigenvalue weighted by atomic mass is 10.5. The van der Waals surface area contributed by atoms with Gasteiger partial charge in [0.05, 0.1) is 12.8 Å². The van der Waals surface area contributed by atoms with Crippen LogP contribution in [-0.4, -0.2) is 27.4 Å². The van der Waals surface area contributed by atoms with Gasteiger partial charge in [-0.3, -0.25) is 0 Å². The number of hydrogen-bond acceptors (Lipinski definition) is 4. The zero-order chi connectivity index (χ0) is 9.54. The summed E-state index contributed by atoms with van der Waals surface area (Å²) in [6.45, 7) is 0.734. The molecule has 0 saturated carbocycles. The lowest BCUT2D eigenvalue weighted by Gasteiger charge is -1.98. The van der Waals surface area contributed by atoms with Crippen molar-refractivity contribution < 1.29 is 4.74 Å². The monoisotopic (exact) mass is 210 g/mol. The van der Waals surface area contributed by atoms with Gasteiger partial charge in [0.2, 0.25) is 0 Å². The molecule has 0 spiro atoms. The third-order valence-corrected chi connectivity index (χ3v) is 2.20. The summed E-state index contributed by atoms with van der Waals surface area (Å²) in [6, 6.07) is 1.69. The first kappa shape index (κ1) is 8.02. The second-order valence-corrected chi connectivity index (χ2v) is 3.43. The standard InChI is InChI=1S/C8H7ClN4O/c9-6-1-2-13-8(12-6)5(3-10-13)11-7-4-14-7/h1-3,7,11H,4H2. The van der Waals surface area contributed by atoms with Gasteiger partial charge in [0, 0.05) is 6.20 Å². The zero-order valence-electron chi connectivity index (χ0n) is 7.14. The lowest BCUT2D eigenvalue weighted by molar-refractivity contribution is 0.428. The Morgan fingerprint density at radius 1 is 1.64 bits per heavy atom. The van der Waals surface area contributed by atoms with Crippen LogP contribution in [0.25, 0.3) is 5.65 Å². The molecule has 3 rings (SSSR count). The maximum atomic E-state index is 5.79. The van der Waals surface area contributed by atoms with Crippen LogP contribution in [-0.2, 0) is 4.74 Å². The number of rotatable bonds is 2. The molecule has 1 atom stereocenters. The first-order valence-electron chi connectivity index (χ1n) is 4.21. The number of halogens is 1. The van der Waals surface area contributed by atoms with Gasteiger partial charge in [-0.1, -0.05) is 11.6 Å². The molecule has 1 fully saturated rings. The van der Waals surface area contributed by atoms with Gasteiger partial charge in [-0.25, -0.2) is 9.50 Å². The van der Waals surface area contributed by atoms with Crippen molar-refractivity contribution >= 4 is 22.9 Å². The van der Waals surface area contributed by atoms with Crippen molar-refractivity contribution in [2.45, 2.75) is 6.23 Å². The molecule has 14 heavy (non-hydrogen) atoms. The summed E-state index contributed by atoms with van der Waals surface area (Å²) in [5.41, 5.74) is 1.56. The van der Waals surface area contributed by atoms with Crippen molar-refractivity contribution in [3.8, 4) is 0 Å². The molecule has 2 aromatic rings. The highest BCUT2D eigenvalue weighted by molar-refractivity contribution is 6.29. The molecule has 0 amide bonds. The first-order chi connectivity index (χ1) is 6.83. The van der Waals surface area contributed by atoms with E-state index in [9.17, 15) is 0 Å². The highest BCUT2D eigenvalue weighted by Crippen LogP contribution is 2.20. The van der Waals surface area contributed by atoms with Crippen LogP contribution in [0.4, 0.5) is 5.69 Å². The molecule has 0 aliphatic carbocycles. The number of hydrogen-bond donors (Lipinski definition) is 1. The molecule has 0 radical (unpaired) electrons. The van der Waals surface area contributed by atoms with Gasteiger partial charge in [0.15, 0.2) is 11.9 Å². The Morgan fingerprint density at radius 3 is 3.29 bits per heavy atom. The molecule has 1 unspecified atom stereocenters. The summed E-state index contributed by atoms with van der Waals surface area (Å²) in [5.74, 6) is 0. The minimum absolute atomic E-state index is 0.101. The fourth-order valence-corrected chi connectivity index (χ4v) is 1.39. The van der Waals surface area contributed by atoms with Crippen LogP contribution in [0.1, 0.15) is 0 Å². The topological polar surface area (TPSA) is 54.8 Å². The largest absolute Gasteiger partial charge is 0.354 e. The Bertz CT molecular complexity index is 479. The third kappa shape index (κ3) is 1.30. The predicted octanol–water partition coefficient (Wildman–Crippen LogP) is 1.15. The third-order valence-electron chi connectivity index (χ3n) is 1.98. The average Bonchev–Trinajstić information content (AvgIpc) is 2.90. The van der Waals surface area contributed by atoms with Crippen LogP contribution in [0.2, 0.25) is 5.15 Å². The van der Waals surface area contributed by atoms with E-state index in [2.05, 4.69) is 15.4 Å². The second kappa shape index (κ2) is 2.83. The van der Waals surface area contributed by atoms with E-state index in [-0.39, 0.29) is 6.23 Å². The number of nitrogens with zero attached hydrogens (tertiary/aromatic N) is 3. The van der Waals surface area contributed by atoms with Crippen LogP contribution in [0, 0.1) is 0 Å². The first-order valence-corrected chi connectivity index (χ1v) is 4.59. The summed E-state index contributed by atoms with van der Waals surface area (Å²) < 4.78 is 6.72. The number of nitrogens with one attached hydrogen (secondary N) is 1. The SMILES string of the molecule is Clc1ccn2ncc(NC3CO3)c2n1. The van der Waals surface area contributed by atoms with E-state index < -0.39 is 0 Å². The average molecular weight is 211 g/mol. The fraction of sp³-hybridized carbons (Fsp3) is 0.250. The molecule has 3 heterocycles. The molecule has 0 aromatic carbocycles. The molecule has 72 valence electrons. The van der Waals surface area contributed by atoms with E-state index >= 15 is 0 Å². The predicted molar refractivity (Wildman–Crippen MR) is 51.4 cm³/mol. The quantitative estimate of drug-likeness (QED) is 0.597. The van der Waals surface area contributed by atoms with Crippen LogP contribution in [0.5, 0.6) is 0 Å². The summed E-state index contributed by atoms with van der Waals surface area (Å²) in [7, 11) is 0. The molecular formula is C8H7ClN4O. The number of ether oxygens (including phenoxy) is 1. The zero-order valence-corrected chi connectivity index (χ0v) is 7.90. The number of epoxide rings is 1. The molecule has 0 bridgehead atoms. The number of aromatic nitrogens is 3. The van der Waals surface area contributed by atoms with Gasteiger partial charge in [-0.2, -0.15) is 5.10 Å². The van der Waals surface area contributed by atoms with E-state index in [1.165, 1.54) is 0 Å². The van der Waals surface area contributed by atoms with Crippen LogP contribution in [0.3, 0.4) is 0 Å². The molecule has 5 nitrogen and oxygen atoms in total. The van der Waals surface area contributed by atoms with Gasteiger partial charge in [-0.05, 0) is 6.07 Å². The highest BCUT2D eigenvalue weighted by Gasteiger charge is 2.23. The lowest BCUT2D eigenvalue weighted by Crippen LogP contribution is -2.02. The van der Waals surface area contributed by atoms with Crippen molar-refractivity contribution in [2.75, 3.05) is 11.9 Å². The van der Waals surface area contributed by atoms with Gasteiger partial charge in [0.25, 0.3) is 0 Å². The van der Waals surface area contributed by atoms with Crippen molar-refractivity contribution in [1.82, 2.24) is 14.6 Å². The number of anilines is 1. The summed E-state index contributed by atoms with van der Waals surface area (Å²) >= 11 is 5.79. The van der Waals surface area contributed by atoms with Gasteiger partial charge >= 0.3 is 0 Å². The maximum Gasteiger partial charge on any atom is 0.179 e. The maximum absolute atomic E-state index is 5.79.